The molecule has 1 nitrogen and oxygen atoms in total. The predicted molar refractivity (Wildman–Crippen MR) is 57.8 cm³/mol. The smallest absolute Gasteiger partial charge is 0.298 e. The number of halogens is 6. The highest BCUT2D eigenvalue weighted by atomic mass is 19.4. The van der Waals surface area contributed by atoms with Gasteiger partial charge in [-0.15, -0.1) is 0 Å². The molecule has 0 heterocycles. The molecular formula is C12H12F6O. The first-order valence-corrected chi connectivity index (χ1v) is 5.30. The maximum atomic E-state index is 12.2. The maximum Gasteiger partial charge on any atom is 0.416 e. The standard InChI is InChI=1S/C9H4F6O.C3H8/c10-8(11,12)6-1-5(4-16)2-7(3-6)9(13,14)15;1-3-2/h1-4H;3H2,1-2H3. The van der Waals surface area contributed by atoms with E-state index in [1.54, 1.807) is 0 Å². The Hall–Kier alpha value is -1.53. The molecular weight excluding hydrogens is 274 g/mol. The number of hydrogen-bond acceptors (Lipinski definition) is 1. The zero-order valence-electron chi connectivity index (χ0n) is 10.2. The van der Waals surface area contributed by atoms with Gasteiger partial charge in [0.1, 0.15) is 6.29 Å². The lowest BCUT2D eigenvalue weighted by Crippen LogP contribution is -2.11. The molecule has 0 atom stereocenters. The molecule has 1 aromatic carbocycles. The molecule has 0 amide bonds. The number of alkyl halides is 6. The van der Waals surface area contributed by atoms with E-state index in [0.717, 1.165) is 0 Å². The van der Waals surface area contributed by atoms with Crippen molar-refractivity contribution >= 4 is 6.29 Å². The van der Waals surface area contributed by atoms with Gasteiger partial charge in [0.2, 0.25) is 0 Å². The molecule has 0 N–H and O–H groups in total. The number of hydrogen-bond donors (Lipinski definition) is 0. The summed E-state index contributed by atoms with van der Waals surface area (Å²) in [5.41, 5.74) is -3.66. The average Bonchev–Trinajstić information content (AvgIpc) is 2.27. The van der Waals surface area contributed by atoms with E-state index in [0.29, 0.717) is 12.1 Å². The molecule has 0 aliphatic rings. The van der Waals surface area contributed by atoms with Crippen molar-refractivity contribution in [1.82, 2.24) is 0 Å². The van der Waals surface area contributed by atoms with Gasteiger partial charge in [0.05, 0.1) is 11.1 Å². The first-order chi connectivity index (χ1) is 8.56. The number of rotatable bonds is 1. The Morgan fingerprint density at radius 1 is 0.895 bits per heavy atom. The van der Waals surface area contributed by atoms with Gasteiger partial charge in [0, 0.05) is 5.56 Å². The highest BCUT2D eigenvalue weighted by molar-refractivity contribution is 5.75. The Balaban J connectivity index is 0.000000982. The molecule has 0 saturated heterocycles. The van der Waals surface area contributed by atoms with Crippen molar-refractivity contribution in [2.45, 2.75) is 32.6 Å². The number of carbonyl (C=O) groups excluding carboxylic acids is 1. The van der Waals surface area contributed by atoms with Crippen molar-refractivity contribution in [2.75, 3.05) is 0 Å². The minimum Gasteiger partial charge on any atom is -0.298 e. The van der Waals surface area contributed by atoms with Crippen molar-refractivity contribution in [3.63, 3.8) is 0 Å². The molecule has 0 fully saturated rings. The SMILES string of the molecule is CCC.O=Cc1cc(C(F)(F)F)cc(C(F)(F)F)c1. The molecule has 0 saturated carbocycles. The van der Waals surface area contributed by atoms with E-state index >= 15 is 0 Å². The summed E-state index contributed by atoms with van der Waals surface area (Å²) in [5, 5.41) is 0. The molecule has 0 spiro atoms. The minimum absolute atomic E-state index is 0.0347. The van der Waals surface area contributed by atoms with Crippen LogP contribution in [0, 0.1) is 0 Å². The van der Waals surface area contributed by atoms with Crippen LogP contribution in [0.5, 0.6) is 0 Å². The van der Waals surface area contributed by atoms with Crippen molar-refractivity contribution in [2.24, 2.45) is 0 Å². The predicted octanol–water partition coefficient (Wildman–Crippen LogP) is 4.95. The molecule has 0 unspecified atom stereocenters. The van der Waals surface area contributed by atoms with Crippen LogP contribution in [0.15, 0.2) is 18.2 Å². The fourth-order valence-corrected chi connectivity index (χ4v) is 1.05. The number of benzene rings is 1. The van der Waals surface area contributed by atoms with Gasteiger partial charge in [-0.05, 0) is 18.2 Å². The summed E-state index contributed by atoms with van der Waals surface area (Å²) in [6, 6.07) is 0.692. The Labute approximate surface area is 106 Å². The van der Waals surface area contributed by atoms with Crippen molar-refractivity contribution in [3.8, 4) is 0 Å². The molecule has 19 heavy (non-hydrogen) atoms. The van der Waals surface area contributed by atoms with Gasteiger partial charge in [0.15, 0.2) is 0 Å². The summed E-state index contributed by atoms with van der Waals surface area (Å²) >= 11 is 0. The summed E-state index contributed by atoms with van der Waals surface area (Å²) in [7, 11) is 0. The Morgan fingerprint density at radius 3 is 1.42 bits per heavy atom. The molecule has 0 aliphatic heterocycles. The van der Waals surface area contributed by atoms with Gasteiger partial charge < -0.3 is 0 Å². The molecule has 1 aromatic rings. The highest BCUT2D eigenvalue weighted by Crippen LogP contribution is 2.35. The number of aldehydes is 1. The maximum absolute atomic E-state index is 12.2. The summed E-state index contributed by atoms with van der Waals surface area (Å²) < 4.78 is 73.1. The molecule has 0 bridgehead atoms. The summed E-state index contributed by atoms with van der Waals surface area (Å²) in [6.45, 7) is 4.25. The topological polar surface area (TPSA) is 17.1 Å². The highest BCUT2D eigenvalue weighted by Gasteiger charge is 2.36. The van der Waals surface area contributed by atoms with E-state index in [2.05, 4.69) is 13.8 Å². The summed E-state index contributed by atoms with van der Waals surface area (Å²) in [4.78, 5) is 10.2. The van der Waals surface area contributed by atoms with E-state index in [9.17, 15) is 31.1 Å². The second-order valence-corrected chi connectivity index (χ2v) is 3.66. The van der Waals surface area contributed by atoms with Crippen LogP contribution in [0.2, 0.25) is 0 Å². The van der Waals surface area contributed by atoms with Crippen molar-refractivity contribution < 1.29 is 31.1 Å². The minimum atomic E-state index is -4.92. The lowest BCUT2D eigenvalue weighted by atomic mass is 10.1. The number of carbonyl (C=O) groups is 1. The normalized spacial score (nSPS) is 11.6. The first kappa shape index (κ1) is 17.5. The van der Waals surface area contributed by atoms with E-state index in [1.165, 1.54) is 6.42 Å². The average molecular weight is 286 g/mol. The van der Waals surface area contributed by atoms with Crippen LogP contribution in [-0.2, 0) is 12.4 Å². The van der Waals surface area contributed by atoms with E-state index in [4.69, 9.17) is 0 Å². The van der Waals surface area contributed by atoms with Crippen LogP contribution < -0.4 is 0 Å². The van der Waals surface area contributed by atoms with E-state index in [-0.39, 0.29) is 12.4 Å². The van der Waals surface area contributed by atoms with Crippen molar-refractivity contribution in [1.29, 1.82) is 0 Å². The van der Waals surface area contributed by atoms with Gasteiger partial charge in [-0.25, -0.2) is 0 Å². The van der Waals surface area contributed by atoms with Crippen LogP contribution >= 0.6 is 0 Å². The fraction of sp³-hybridized carbons (Fsp3) is 0.417. The van der Waals surface area contributed by atoms with E-state index < -0.39 is 29.0 Å². The van der Waals surface area contributed by atoms with Crippen LogP contribution in [0.3, 0.4) is 0 Å². The quantitative estimate of drug-likeness (QED) is 0.527. The monoisotopic (exact) mass is 286 g/mol. The third-order valence-electron chi connectivity index (χ3n) is 1.75. The molecule has 0 aliphatic carbocycles. The summed E-state index contributed by atoms with van der Waals surface area (Å²) in [5.74, 6) is 0. The van der Waals surface area contributed by atoms with Gasteiger partial charge in [0.25, 0.3) is 0 Å². The second kappa shape index (κ2) is 6.58. The zero-order valence-corrected chi connectivity index (χ0v) is 10.2. The van der Waals surface area contributed by atoms with Crippen LogP contribution in [0.1, 0.15) is 41.8 Å². The zero-order chi connectivity index (χ0) is 15.3. The Kier molecular flexibility index (Phi) is 6.05. The van der Waals surface area contributed by atoms with Gasteiger partial charge in [-0.2, -0.15) is 26.3 Å². The van der Waals surface area contributed by atoms with Crippen LogP contribution in [0.25, 0.3) is 0 Å². The molecule has 0 aromatic heterocycles. The largest absolute Gasteiger partial charge is 0.416 e. The molecule has 0 radical (unpaired) electrons. The molecule has 1 rings (SSSR count). The third kappa shape index (κ3) is 5.76. The summed E-state index contributed by atoms with van der Waals surface area (Å²) in [6.07, 6.45) is -8.65. The Bertz CT molecular complexity index is 387. The van der Waals surface area contributed by atoms with E-state index in [1.807, 2.05) is 0 Å². The first-order valence-electron chi connectivity index (χ1n) is 5.30. The lowest BCUT2D eigenvalue weighted by Gasteiger charge is -2.12. The third-order valence-corrected chi connectivity index (χ3v) is 1.75. The fourth-order valence-electron chi connectivity index (χ4n) is 1.05. The lowest BCUT2D eigenvalue weighted by molar-refractivity contribution is -0.143. The van der Waals surface area contributed by atoms with Gasteiger partial charge in [-0.3, -0.25) is 4.79 Å². The molecule has 108 valence electrons. The molecule has 7 heteroatoms. The van der Waals surface area contributed by atoms with Gasteiger partial charge in [-0.1, -0.05) is 20.3 Å². The van der Waals surface area contributed by atoms with Crippen LogP contribution in [-0.4, -0.2) is 6.29 Å². The van der Waals surface area contributed by atoms with Gasteiger partial charge >= 0.3 is 12.4 Å². The second-order valence-electron chi connectivity index (χ2n) is 3.66. The Morgan fingerprint density at radius 2 is 1.21 bits per heavy atom. The van der Waals surface area contributed by atoms with Crippen LogP contribution in [0.4, 0.5) is 26.3 Å². The van der Waals surface area contributed by atoms with Crippen molar-refractivity contribution in [3.05, 3.63) is 34.9 Å².